The molecule has 0 saturated carbocycles. The van der Waals surface area contributed by atoms with Crippen LogP contribution in [-0.2, 0) is 9.53 Å². The van der Waals surface area contributed by atoms with E-state index >= 15 is 0 Å². The van der Waals surface area contributed by atoms with Gasteiger partial charge in [-0.3, -0.25) is 14.8 Å². The van der Waals surface area contributed by atoms with E-state index in [0.29, 0.717) is 75.2 Å². The van der Waals surface area contributed by atoms with E-state index < -0.39 is 0 Å². The van der Waals surface area contributed by atoms with E-state index in [9.17, 15) is 4.79 Å². The molecular weight excluding hydrogens is 589 g/mol. The number of hydrogen-bond acceptors (Lipinski definition) is 9. The molecule has 0 bridgehead atoms. The minimum Gasteiger partial charge on any atom is -0.480 e. The highest BCUT2D eigenvalue weighted by Gasteiger charge is 2.21. The van der Waals surface area contributed by atoms with Crippen molar-refractivity contribution in [3.05, 3.63) is 75.5 Å². The number of hydrogen-bond donors (Lipinski definition) is 3. The molecule has 0 unspecified atom stereocenters. The molecule has 1 aromatic heterocycles. The van der Waals surface area contributed by atoms with Gasteiger partial charge in [0.05, 0.1) is 41.9 Å². The van der Waals surface area contributed by atoms with E-state index in [1.165, 1.54) is 14.2 Å². The van der Waals surface area contributed by atoms with E-state index in [4.69, 9.17) is 43.4 Å². The number of aromatic nitrogens is 2. The third kappa shape index (κ3) is 7.40. The van der Waals surface area contributed by atoms with Crippen molar-refractivity contribution in [1.29, 1.82) is 0 Å². The van der Waals surface area contributed by atoms with Gasteiger partial charge in [-0.2, -0.15) is 0 Å². The second-order valence-electron chi connectivity index (χ2n) is 10.0. The van der Waals surface area contributed by atoms with Gasteiger partial charge in [0.1, 0.15) is 11.4 Å². The molecule has 0 aliphatic carbocycles. The van der Waals surface area contributed by atoms with Crippen LogP contribution in [0.25, 0.3) is 22.4 Å². The van der Waals surface area contributed by atoms with E-state index in [1.54, 1.807) is 6.20 Å². The highest BCUT2D eigenvalue weighted by Crippen LogP contribution is 2.40. The maximum atomic E-state index is 11.5. The molecule has 2 atom stereocenters. The number of carbonyl (C=O) groups excluding carboxylic acids is 1. The molecule has 2 heterocycles. The molecule has 2 aromatic carbocycles. The van der Waals surface area contributed by atoms with Gasteiger partial charge in [0.15, 0.2) is 0 Å². The Hall–Kier alpha value is -3.83. The first-order chi connectivity index (χ1) is 20.7. The lowest BCUT2D eigenvalue weighted by molar-refractivity contribution is -0.119. The predicted octanol–water partition coefficient (Wildman–Crippen LogP) is 5.34. The molecule has 1 amide bonds. The van der Waals surface area contributed by atoms with Crippen molar-refractivity contribution < 1.29 is 14.3 Å². The van der Waals surface area contributed by atoms with Gasteiger partial charge in [0.2, 0.25) is 17.7 Å². The molecule has 1 saturated heterocycles. The lowest BCUT2D eigenvalue weighted by Crippen LogP contribution is -2.36. The van der Waals surface area contributed by atoms with E-state index in [-0.39, 0.29) is 18.0 Å². The number of rotatable bonds is 12. The molecule has 3 aromatic rings. The van der Waals surface area contributed by atoms with Crippen LogP contribution >= 0.6 is 23.2 Å². The van der Waals surface area contributed by atoms with Gasteiger partial charge in [0.25, 0.3) is 0 Å². The largest absolute Gasteiger partial charge is 0.480 e. The zero-order valence-electron chi connectivity index (χ0n) is 24.6. The molecule has 226 valence electrons. The number of nitrogens with two attached hydrogens (primary N) is 1. The zero-order valence-corrected chi connectivity index (χ0v) is 26.1. The summed E-state index contributed by atoms with van der Waals surface area (Å²) in [4.78, 5) is 29.3. The lowest BCUT2D eigenvalue weighted by Gasteiger charge is -2.15. The standard InChI is InChI=1S/C31H35Cl2N7O3/c1-17(34)29-31(43-5)40-24(16-37-29)23-11-7-10-22(28(23)33)21-9-6-8-20(27(21)32)18(2)38-30(42-4)25(35-3)15-36-14-19-12-13-26(41)39-19/h6-11,16-17,19,36H,3,12-15,34H2,1-2,4-5H3,(H,39,41)/b30-25+,38-18?/t17-,19-/m0/s1. The van der Waals surface area contributed by atoms with Gasteiger partial charge in [-0.05, 0) is 27.0 Å². The smallest absolute Gasteiger partial charge is 0.237 e. The quantitative estimate of drug-likeness (QED) is 0.183. The number of halogens is 2. The number of aliphatic imine (C=N–C) groups is 2. The number of carbonyl (C=O) groups is 1. The molecule has 12 heteroatoms. The first-order valence-electron chi connectivity index (χ1n) is 13.7. The minimum atomic E-state index is -0.339. The Bertz CT molecular complexity index is 1570. The molecule has 0 spiro atoms. The normalized spacial score (nSPS) is 16.4. The molecule has 1 aliphatic heterocycles. The van der Waals surface area contributed by atoms with E-state index in [2.05, 4.69) is 32.3 Å². The number of nitrogens with one attached hydrogen (secondary N) is 2. The molecule has 43 heavy (non-hydrogen) atoms. The number of methoxy groups -OCH3 is 2. The van der Waals surface area contributed by atoms with Gasteiger partial charge < -0.3 is 25.8 Å². The fraction of sp³-hybridized carbons (Fsp3) is 0.323. The summed E-state index contributed by atoms with van der Waals surface area (Å²) in [6.07, 6.45) is 2.97. The molecule has 0 radical (unpaired) electrons. The lowest BCUT2D eigenvalue weighted by atomic mass is 9.98. The van der Waals surface area contributed by atoms with Crippen LogP contribution in [0, 0.1) is 0 Å². The average Bonchev–Trinajstić information content (AvgIpc) is 3.42. The van der Waals surface area contributed by atoms with E-state index in [0.717, 1.165) is 17.5 Å². The summed E-state index contributed by atoms with van der Waals surface area (Å²) in [5.41, 5.74) is 11.1. The Morgan fingerprint density at radius 1 is 1.19 bits per heavy atom. The monoisotopic (exact) mass is 623 g/mol. The van der Waals surface area contributed by atoms with Crippen LogP contribution in [0.3, 0.4) is 0 Å². The van der Waals surface area contributed by atoms with Crippen molar-refractivity contribution >= 4 is 41.5 Å². The molecule has 4 rings (SSSR count). The van der Waals surface area contributed by atoms with Crippen molar-refractivity contribution in [2.24, 2.45) is 15.7 Å². The third-order valence-electron chi connectivity index (χ3n) is 7.01. The topological polar surface area (TPSA) is 136 Å². The summed E-state index contributed by atoms with van der Waals surface area (Å²) >= 11 is 13.9. The first kappa shape index (κ1) is 32.1. The summed E-state index contributed by atoms with van der Waals surface area (Å²) in [6, 6.07) is 11.0. The van der Waals surface area contributed by atoms with Crippen molar-refractivity contribution in [3.63, 3.8) is 0 Å². The number of nitrogens with zero attached hydrogens (tertiary/aromatic N) is 4. The third-order valence-corrected chi connectivity index (χ3v) is 7.83. The first-order valence-corrected chi connectivity index (χ1v) is 14.5. The van der Waals surface area contributed by atoms with Gasteiger partial charge in [-0.25, -0.2) is 9.98 Å². The summed E-state index contributed by atoms with van der Waals surface area (Å²) in [5.74, 6) is 0.718. The molecule has 4 N–H and O–H groups in total. The molecule has 10 nitrogen and oxygen atoms in total. The van der Waals surface area contributed by atoms with Gasteiger partial charge in [-0.15, -0.1) is 0 Å². The minimum absolute atomic E-state index is 0.0686. The SMILES string of the molecule is C=N/C(CNC[C@@H]1CCC(=O)N1)=C(\N=C(C)c1cccc(-c2cccc(-c3cnc([C@H](C)N)c(OC)n3)c2Cl)c1Cl)OC. The van der Waals surface area contributed by atoms with Gasteiger partial charge in [0, 0.05) is 53.8 Å². The predicted molar refractivity (Wildman–Crippen MR) is 172 cm³/mol. The maximum absolute atomic E-state index is 11.5. The summed E-state index contributed by atoms with van der Waals surface area (Å²) < 4.78 is 11.0. The number of benzene rings is 2. The summed E-state index contributed by atoms with van der Waals surface area (Å²) in [6.45, 7) is 8.30. The molecule has 1 aliphatic rings. The van der Waals surface area contributed by atoms with Crippen LogP contribution in [0.2, 0.25) is 10.0 Å². The Morgan fingerprint density at radius 3 is 2.51 bits per heavy atom. The van der Waals surface area contributed by atoms with Crippen LogP contribution in [0.4, 0.5) is 0 Å². The van der Waals surface area contributed by atoms with Crippen LogP contribution in [0.5, 0.6) is 5.88 Å². The second-order valence-corrected chi connectivity index (χ2v) is 10.8. The Kier molecular flexibility index (Phi) is 10.9. The Morgan fingerprint density at radius 2 is 1.88 bits per heavy atom. The second kappa shape index (κ2) is 14.6. The zero-order chi connectivity index (χ0) is 31.1. The Balaban J connectivity index is 1.64. The molecular formula is C31H35Cl2N7O3. The number of amides is 1. The summed E-state index contributed by atoms with van der Waals surface area (Å²) in [7, 11) is 3.05. The fourth-order valence-electron chi connectivity index (χ4n) is 4.77. The highest BCUT2D eigenvalue weighted by molar-refractivity contribution is 6.39. The van der Waals surface area contributed by atoms with Crippen LogP contribution in [0.15, 0.2) is 64.2 Å². The van der Waals surface area contributed by atoms with Crippen molar-refractivity contribution in [1.82, 2.24) is 20.6 Å². The fourth-order valence-corrected chi connectivity index (χ4v) is 5.46. The van der Waals surface area contributed by atoms with Crippen molar-refractivity contribution in [2.45, 2.75) is 38.8 Å². The average molecular weight is 625 g/mol. The Labute approximate surface area is 261 Å². The highest BCUT2D eigenvalue weighted by atomic mass is 35.5. The summed E-state index contributed by atoms with van der Waals surface area (Å²) in [5, 5.41) is 7.15. The molecule has 1 fully saturated rings. The van der Waals surface area contributed by atoms with Crippen LogP contribution in [0.1, 0.15) is 44.0 Å². The van der Waals surface area contributed by atoms with Crippen LogP contribution in [-0.4, -0.2) is 61.7 Å². The van der Waals surface area contributed by atoms with Crippen LogP contribution < -0.4 is 21.1 Å². The van der Waals surface area contributed by atoms with Crippen molar-refractivity contribution in [3.8, 4) is 28.3 Å². The van der Waals surface area contributed by atoms with Gasteiger partial charge >= 0.3 is 0 Å². The maximum Gasteiger partial charge on any atom is 0.237 e. The van der Waals surface area contributed by atoms with Gasteiger partial charge in [-0.1, -0.05) is 59.6 Å². The van der Waals surface area contributed by atoms with E-state index in [1.807, 2.05) is 50.2 Å². The number of ether oxygens (including phenoxy) is 2. The van der Waals surface area contributed by atoms with Crippen molar-refractivity contribution in [2.75, 3.05) is 27.3 Å².